The van der Waals surface area contributed by atoms with Gasteiger partial charge in [0.05, 0.1) is 49.2 Å². The van der Waals surface area contributed by atoms with Gasteiger partial charge in [0.1, 0.15) is 0 Å². The summed E-state index contributed by atoms with van der Waals surface area (Å²) in [5.74, 6) is 0. The van der Waals surface area contributed by atoms with Crippen LogP contribution in [-0.2, 0) is 13.1 Å². The maximum Gasteiger partial charge on any atom is 0.0955 e. The summed E-state index contributed by atoms with van der Waals surface area (Å²) in [7, 11) is 0. The van der Waals surface area contributed by atoms with Crippen molar-refractivity contribution in [1.29, 1.82) is 0 Å². The van der Waals surface area contributed by atoms with Crippen molar-refractivity contribution in [1.82, 2.24) is 29.4 Å². The Morgan fingerprint density at radius 2 is 1.20 bits per heavy atom. The van der Waals surface area contributed by atoms with Crippen LogP contribution in [0, 0.1) is 0 Å². The highest BCUT2D eigenvalue weighted by atomic mass is 15.3. The first-order valence-electron chi connectivity index (χ1n) is 10.1. The summed E-state index contributed by atoms with van der Waals surface area (Å²) in [6.45, 7) is 5.92. The fourth-order valence-electron chi connectivity index (χ4n) is 3.71. The summed E-state index contributed by atoms with van der Waals surface area (Å²) in [5, 5.41) is 10.7. The predicted octanol–water partition coefficient (Wildman–Crippen LogP) is 1.68. The summed E-state index contributed by atoms with van der Waals surface area (Å²) in [4.78, 5) is 13.7. The third-order valence-electron chi connectivity index (χ3n) is 5.45. The summed E-state index contributed by atoms with van der Waals surface area (Å²) in [6, 6.07) is 8.58. The molecule has 0 bridgehead atoms. The van der Waals surface area contributed by atoms with E-state index < -0.39 is 0 Å². The average molecular weight is 400 g/mol. The maximum atomic E-state index is 4.70. The predicted molar refractivity (Wildman–Crippen MR) is 118 cm³/mol. The van der Waals surface area contributed by atoms with E-state index in [2.05, 4.69) is 58.4 Å². The summed E-state index contributed by atoms with van der Waals surface area (Å²) >= 11 is 0. The van der Waals surface area contributed by atoms with Gasteiger partial charge in [0.2, 0.25) is 0 Å². The molecule has 1 aromatic carbocycles. The Labute approximate surface area is 174 Å². The minimum atomic E-state index is 0.242. The molecule has 2 aromatic heterocycles. The maximum absolute atomic E-state index is 4.70. The molecule has 0 amide bonds. The molecule has 0 spiro atoms. The van der Waals surface area contributed by atoms with Crippen molar-refractivity contribution in [2.75, 3.05) is 0 Å². The largest absolute Gasteiger partial charge is 0.334 e. The van der Waals surface area contributed by atoms with Gasteiger partial charge < -0.3 is 9.80 Å². The zero-order valence-electron chi connectivity index (χ0n) is 17.1. The van der Waals surface area contributed by atoms with E-state index in [1.807, 2.05) is 46.6 Å². The normalized spacial score (nSPS) is 16.5. The summed E-state index contributed by atoms with van der Waals surface area (Å²) < 4.78 is 3.87. The van der Waals surface area contributed by atoms with E-state index in [0.717, 1.165) is 34.9 Å². The molecule has 0 radical (unpaired) electrons. The Balaban J connectivity index is 1.38. The van der Waals surface area contributed by atoms with Crippen LogP contribution in [0.25, 0.3) is 12.4 Å². The van der Waals surface area contributed by atoms with E-state index in [1.54, 1.807) is 12.4 Å². The number of rotatable bonds is 6. The molecule has 5 rings (SSSR count). The second-order valence-electron chi connectivity index (χ2n) is 7.77. The lowest BCUT2D eigenvalue weighted by Crippen LogP contribution is -2.36. The van der Waals surface area contributed by atoms with Gasteiger partial charge in [-0.3, -0.25) is 9.36 Å². The van der Waals surface area contributed by atoms with Gasteiger partial charge in [-0.2, -0.15) is 10.2 Å². The highest BCUT2D eigenvalue weighted by Gasteiger charge is 2.16. The van der Waals surface area contributed by atoms with E-state index in [9.17, 15) is 0 Å². The van der Waals surface area contributed by atoms with Crippen molar-refractivity contribution < 1.29 is 0 Å². The molecule has 0 aliphatic carbocycles. The first-order chi connectivity index (χ1) is 14.7. The highest BCUT2D eigenvalue weighted by molar-refractivity contribution is 5.76. The molecule has 3 aromatic rings. The van der Waals surface area contributed by atoms with Crippen LogP contribution in [0.2, 0.25) is 0 Å². The number of aromatic nitrogens is 4. The van der Waals surface area contributed by atoms with Gasteiger partial charge >= 0.3 is 0 Å². The van der Waals surface area contributed by atoms with Crippen LogP contribution in [0.5, 0.6) is 0 Å². The zero-order chi connectivity index (χ0) is 20.5. The molecule has 4 heterocycles. The second kappa shape index (κ2) is 7.62. The molecular weight excluding hydrogens is 376 g/mol. The molecule has 0 unspecified atom stereocenters. The van der Waals surface area contributed by atoms with Gasteiger partial charge in [-0.05, 0) is 38.1 Å². The molecule has 2 atom stereocenters. The number of hydrogen-bond donors (Lipinski definition) is 0. The van der Waals surface area contributed by atoms with Crippen LogP contribution in [0.3, 0.4) is 0 Å². The molecule has 152 valence electrons. The summed E-state index contributed by atoms with van der Waals surface area (Å²) in [5.41, 5.74) is 1.92. The van der Waals surface area contributed by atoms with Crippen molar-refractivity contribution in [3.63, 3.8) is 0 Å². The minimum Gasteiger partial charge on any atom is -0.334 e. The number of aliphatic imine (C=N–C) groups is 2. The Kier molecular flexibility index (Phi) is 4.66. The Morgan fingerprint density at radius 1 is 0.733 bits per heavy atom. The van der Waals surface area contributed by atoms with Crippen LogP contribution >= 0.6 is 0 Å². The van der Waals surface area contributed by atoms with Crippen LogP contribution < -0.4 is 10.4 Å². The molecule has 30 heavy (non-hydrogen) atoms. The van der Waals surface area contributed by atoms with E-state index >= 15 is 0 Å². The molecule has 2 aliphatic heterocycles. The lowest BCUT2D eigenvalue weighted by molar-refractivity contribution is 0.390. The minimum absolute atomic E-state index is 0.242. The average Bonchev–Trinajstić information content (AvgIpc) is 3.45. The summed E-state index contributed by atoms with van der Waals surface area (Å²) in [6.07, 6.45) is 15.6. The van der Waals surface area contributed by atoms with Gasteiger partial charge in [0, 0.05) is 47.6 Å². The van der Waals surface area contributed by atoms with Gasteiger partial charge in [0.25, 0.3) is 0 Å². The van der Waals surface area contributed by atoms with Gasteiger partial charge in [-0.1, -0.05) is 0 Å². The Morgan fingerprint density at radius 3 is 1.60 bits per heavy atom. The third kappa shape index (κ3) is 3.63. The number of hydrogen-bond acceptors (Lipinski definition) is 6. The topological polar surface area (TPSA) is 66.8 Å². The van der Waals surface area contributed by atoms with Crippen molar-refractivity contribution in [2.45, 2.75) is 39.0 Å². The van der Waals surface area contributed by atoms with Crippen molar-refractivity contribution >= 4 is 36.5 Å². The SMILES string of the molecule is C[C@H](Cn1cccn1)N1C=Nc2cc3c(cc2=C1)N=CN([C@H](C)Cn1cccn1)C=3. The lowest BCUT2D eigenvalue weighted by atomic mass is 10.1. The quantitative estimate of drug-likeness (QED) is 0.632. The number of benzene rings is 1. The Bertz CT molecular complexity index is 1090. The second-order valence-corrected chi connectivity index (χ2v) is 7.77. The Hall–Kier alpha value is -3.68. The fourth-order valence-corrected chi connectivity index (χ4v) is 3.71. The molecular formula is C22H24N8. The van der Waals surface area contributed by atoms with Gasteiger partial charge in [-0.25, -0.2) is 9.98 Å². The van der Waals surface area contributed by atoms with E-state index in [-0.39, 0.29) is 12.1 Å². The van der Waals surface area contributed by atoms with E-state index in [4.69, 9.17) is 9.98 Å². The lowest BCUT2D eigenvalue weighted by Gasteiger charge is -2.27. The van der Waals surface area contributed by atoms with Gasteiger partial charge in [0.15, 0.2) is 0 Å². The van der Waals surface area contributed by atoms with E-state index in [0.29, 0.717) is 0 Å². The van der Waals surface area contributed by atoms with Crippen LogP contribution in [0.4, 0.5) is 11.4 Å². The molecule has 2 aliphatic rings. The van der Waals surface area contributed by atoms with Gasteiger partial charge in [-0.15, -0.1) is 0 Å². The first kappa shape index (κ1) is 18.4. The highest BCUT2D eigenvalue weighted by Crippen LogP contribution is 2.16. The molecule has 0 saturated carbocycles. The number of fused-ring (bicyclic) bond motifs is 2. The monoisotopic (exact) mass is 400 g/mol. The standard InChI is InChI=1S/C22H24N8/c1-17(11-29-7-3-5-25-29)27-13-19-9-22-20(10-21(19)23-15-27)14-28(16-24-22)18(2)12-30-8-4-6-26-30/h3-10,13-18H,11-12H2,1-2H3/t17-,18-/m1/s1. The van der Waals surface area contributed by atoms with Crippen LogP contribution in [0.15, 0.2) is 59.0 Å². The zero-order valence-corrected chi connectivity index (χ0v) is 17.1. The molecule has 8 nitrogen and oxygen atoms in total. The van der Waals surface area contributed by atoms with Crippen molar-refractivity contribution in [3.05, 3.63) is 59.5 Å². The van der Waals surface area contributed by atoms with Crippen LogP contribution in [0.1, 0.15) is 13.8 Å². The number of nitrogens with zero attached hydrogens (tertiary/aromatic N) is 8. The van der Waals surface area contributed by atoms with Crippen molar-refractivity contribution in [2.24, 2.45) is 9.98 Å². The molecule has 0 fully saturated rings. The molecule has 0 N–H and O–H groups in total. The van der Waals surface area contributed by atoms with Crippen LogP contribution in [-0.4, -0.2) is 54.1 Å². The third-order valence-corrected chi connectivity index (χ3v) is 5.45. The smallest absolute Gasteiger partial charge is 0.0955 e. The first-order valence-corrected chi connectivity index (χ1v) is 10.1. The molecule has 0 saturated heterocycles. The fraction of sp³-hybridized carbons (Fsp3) is 0.273. The van der Waals surface area contributed by atoms with Crippen molar-refractivity contribution in [3.8, 4) is 0 Å². The molecule has 8 heteroatoms. The van der Waals surface area contributed by atoms with E-state index in [1.165, 1.54) is 0 Å².